The maximum absolute atomic E-state index is 9.07. The second-order valence-corrected chi connectivity index (χ2v) is 4.07. The number of allylic oxidation sites excluding steroid dienone is 1. The standard InChI is InChI=1S/C13H15NOS/c1-3-4-5-9-15-12-7-6-8-13(16-2)11(12)10-14/h3,6-8H,1,4-5,9H2,2H3. The molecule has 1 aromatic carbocycles. The van der Waals surface area contributed by atoms with E-state index in [0.29, 0.717) is 17.9 Å². The van der Waals surface area contributed by atoms with Gasteiger partial charge in [-0.3, -0.25) is 0 Å². The first-order valence-electron chi connectivity index (χ1n) is 5.14. The van der Waals surface area contributed by atoms with Crippen molar-refractivity contribution in [3.05, 3.63) is 36.4 Å². The molecule has 0 aromatic heterocycles. The first-order chi connectivity index (χ1) is 7.83. The fourth-order valence-electron chi connectivity index (χ4n) is 1.32. The van der Waals surface area contributed by atoms with Gasteiger partial charge in [-0.1, -0.05) is 12.1 Å². The Morgan fingerprint density at radius 1 is 1.56 bits per heavy atom. The van der Waals surface area contributed by atoms with Gasteiger partial charge in [0.15, 0.2) is 0 Å². The molecule has 84 valence electrons. The molecule has 0 amide bonds. The zero-order valence-corrected chi connectivity index (χ0v) is 10.2. The van der Waals surface area contributed by atoms with Gasteiger partial charge in [0.1, 0.15) is 17.4 Å². The second-order valence-electron chi connectivity index (χ2n) is 3.22. The molecule has 3 heteroatoms. The summed E-state index contributed by atoms with van der Waals surface area (Å²) < 4.78 is 5.59. The van der Waals surface area contributed by atoms with Gasteiger partial charge in [0.2, 0.25) is 0 Å². The van der Waals surface area contributed by atoms with E-state index in [1.165, 1.54) is 0 Å². The van der Waals surface area contributed by atoms with E-state index in [1.807, 2.05) is 30.5 Å². The minimum atomic E-state index is 0.624. The maximum Gasteiger partial charge on any atom is 0.138 e. The van der Waals surface area contributed by atoms with Crippen molar-refractivity contribution >= 4 is 11.8 Å². The van der Waals surface area contributed by atoms with Gasteiger partial charge in [-0.25, -0.2) is 0 Å². The average Bonchev–Trinajstić information content (AvgIpc) is 2.34. The molecule has 16 heavy (non-hydrogen) atoms. The Balaban J connectivity index is 2.72. The number of ether oxygens (including phenoxy) is 1. The number of hydrogen-bond donors (Lipinski definition) is 0. The van der Waals surface area contributed by atoms with Gasteiger partial charge in [-0.2, -0.15) is 5.26 Å². The van der Waals surface area contributed by atoms with Crippen molar-refractivity contribution in [3.8, 4) is 11.8 Å². The molecule has 0 fully saturated rings. The summed E-state index contributed by atoms with van der Waals surface area (Å²) >= 11 is 1.56. The Labute approximate surface area is 101 Å². The van der Waals surface area contributed by atoms with Gasteiger partial charge in [-0.15, -0.1) is 18.3 Å². The molecule has 1 aromatic rings. The van der Waals surface area contributed by atoms with Gasteiger partial charge in [0.05, 0.1) is 6.61 Å². The summed E-state index contributed by atoms with van der Waals surface area (Å²) in [7, 11) is 0. The van der Waals surface area contributed by atoms with Crippen molar-refractivity contribution in [2.24, 2.45) is 0 Å². The maximum atomic E-state index is 9.07. The van der Waals surface area contributed by atoms with Crippen LogP contribution in [0.4, 0.5) is 0 Å². The quantitative estimate of drug-likeness (QED) is 0.427. The topological polar surface area (TPSA) is 33.0 Å². The normalized spacial score (nSPS) is 9.50. The van der Waals surface area contributed by atoms with Crippen LogP contribution in [0.2, 0.25) is 0 Å². The van der Waals surface area contributed by atoms with Crippen molar-refractivity contribution in [1.82, 2.24) is 0 Å². The van der Waals surface area contributed by atoms with E-state index < -0.39 is 0 Å². The van der Waals surface area contributed by atoms with Crippen LogP contribution in [0.3, 0.4) is 0 Å². The second kappa shape index (κ2) is 6.97. The molecule has 0 radical (unpaired) electrons. The van der Waals surface area contributed by atoms with Crippen LogP contribution in [0.5, 0.6) is 5.75 Å². The summed E-state index contributed by atoms with van der Waals surface area (Å²) in [6.07, 6.45) is 5.69. The molecule has 0 aliphatic rings. The lowest BCUT2D eigenvalue weighted by Crippen LogP contribution is -1.99. The monoisotopic (exact) mass is 233 g/mol. The highest BCUT2D eigenvalue weighted by atomic mass is 32.2. The summed E-state index contributed by atoms with van der Waals surface area (Å²) in [5.74, 6) is 0.679. The van der Waals surface area contributed by atoms with Crippen LogP contribution in [0, 0.1) is 11.3 Å². The lowest BCUT2D eigenvalue weighted by atomic mass is 10.2. The Morgan fingerprint density at radius 3 is 3.00 bits per heavy atom. The Kier molecular flexibility index (Phi) is 5.52. The van der Waals surface area contributed by atoms with Gasteiger partial charge < -0.3 is 4.74 Å². The van der Waals surface area contributed by atoms with Crippen molar-refractivity contribution in [3.63, 3.8) is 0 Å². The minimum absolute atomic E-state index is 0.624. The summed E-state index contributed by atoms with van der Waals surface area (Å²) in [6.45, 7) is 4.28. The molecule has 0 bridgehead atoms. The highest BCUT2D eigenvalue weighted by molar-refractivity contribution is 7.98. The summed E-state index contributed by atoms with van der Waals surface area (Å²) in [4.78, 5) is 0.962. The molecule has 0 saturated carbocycles. The summed E-state index contributed by atoms with van der Waals surface area (Å²) in [5.41, 5.74) is 0.633. The van der Waals surface area contributed by atoms with E-state index in [9.17, 15) is 0 Å². The Hall–Kier alpha value is -1.40. The number of unbranched alkanes of at least 4 members (excludes halogenated alkanes) is 1. The van der Waals surface area contributed by atoms with Gasteiger partial charge in [-0.05, 0) is 31.2 Å². The lowest BCUT2D eigenvalue weighted by Gasteiger charge is -2.09. The van der Waals surface area contributed by atoms with Crippen molar-refractivity contribution in [1.29, 1.82) is 5.26 Å². The fraction of sp³-hybridized carbons (Fsp3) is 0.308. The molecular weight excluding hydrogens is 218 g/mol. The van der Waals surface area contributed by atoms with Crippen LogP contribution in [-0.2, 0) is 0 Å². The third-order valence-corrected chi connectivity index (χ3v) is 2.91. The van der Waals surface area contributed by atoms with Gasteiger partial charge >= 0.3 is 0 Å². The molecule has 2 nitrogen and oxygen atoms in total. The van der Waals surface area contributed by atoms with E-state index in [0.717, 1.165) is 17.7 Å². The van der Waals surface area contributed by atoms with Gasteiger partial charge in [0.25, 0.3) is 0 Å². The fourth-order valence-corrected chi connectivity index (χ4v) is 1.89. The molecule has 0 spiro atoms. The smallest absolute Gasteiger partial charge is 0.138 e. The SMILES string of the molecule is C=CCCCOc1cccc(SC)c1C#N. The molecule has 0 aliphatic heterocycles. The minimum Gasteiger partial charge on any atom is -0.492 e. The summed E-state index contributed by atoms with van der Waals surface area (Å²) in [6, 6.07) is 7.87. The molecular formula is C13H15NOS. The van der Waals surface area contributed by atoms with E-state index in [2.05, 4.69) is 12.6 Å². The van der Waals surface area contributed by atoms with Gasteiger partial charge in [0, 0.05) is 4.90 Å². The molecule has 0 aliphatic carbocycles. The van der Waals surface area contributed by atoms with Crippen LogP contribution >= 0.6 is 11.8 Å². The van der Waals surface area contributed by atoms with E-state index in [4.69, 9.17) is 10.00 Å². The Morgan fingerprint density at radius 2 is 2.38 bits per heavy atom. The predicted octanol–water partition coefficient (Wildman–Crippen LogP) is 3.63. The largest absolute Gasteiger partial charge is 0.492 e. The molecule has 1 rings (SSSR count). The van der Waals surface area contributed by atoms with Crippen LogP contribution in [0.15, 0.2) is 35.7 Å². The number of rotatable bonds is 6. The third kappa shape index (κ3) is 3.32. The van der Waals surface area contributed by atoms with E-state index in [1.54, 1.807) is 11.8 Å². The van der Waals surface area contributed by atoms with Crippen LogP contribution < -0.4 is 4.74 Å². The highest BCUT2D eigenvalue weighted by Crippen LogP contribution is 2.27. The number of benzene rings is 1. The number of hydrogen-bond acceptors (Lipinski definition) is 3. The first-order valence-corrected chi connectivity index (χ1v) is 6.36. The van der Waals surface area contributed by atoms with Crippen LogP contribution in [-0.4, -0.2) is 12.9 Å². The van der Waals surface area contributed by atoms with Crippen molar-refractivity contribution < 1.29 is 4.74 Å². The lowest BCUT2D eigenvalue weighted by molar-refractivity contribution is 0.310. The first kappa shape index (κ1) is 12.7. The average molecular weight is 233 g/mol. The van der Waals surface area contributed by atoms with Crippen LogP contribution in [0.1, 0.15) is 18.4 Å². The molecule has 0 atom stereocenters. The Bertz CT molecular complexity index is 395. The molecule has 0 N–H and O–H groups in total. The summed E-state index contributed by atoms with van der Waals surface area (Å²) in [5, 5.41) is 9.07. The molecule has 0 heterocycles. The van der Waals surface area contributed by atoms with E-state index in [-0.39, 0.29) is 0 Å². The van der Waals surface area contributed by atoms with Crippen molar-refractivity contribution in [2.45, 2.75) is 17.7 Å². The molecule has 0 unspecified atom stereocenters. The number of nitriles is 1. The van der Waals surface area contributed by atoms with Crippen molar-refractivity contribution in [2.75, 3.05) is 12.9 Å². The number of thioether (sulfide) groups is 1. The molecule has 0 saturated heterocycles. The highest BCUT2D eigenvalue weighted by Gasteiger charge is 2.07. The van der Waals surface area contributed by atoms with Crippen LogP contribution in [0.25, 0.3) is 0 Å². The zero-order chi connectivity index (χ0) is 11.8. The zero-order valence-electron chi connectivity index (χ0n) is 9.40. The third-order valence-electron chi connectivity index (χ3n) is 2.13. The number of nitrogens with zero attached hydrogens (tertiary/aromatic N) is 1. The predicted molar refractivity (Wildman–Crippen MR) is 67.9 cm³/mol. The van der Waals surface area contributed by atoms with E-state index >= 15 is 0 Å².